The minimum absolute atomic E-state index is 0.0522. The summed E-state index contributed by atoms with van der Waals surface area (Å²) in [6, 6.07) is 15.3. The van der Waals surface area contributed by atoms with E-state index in [0.717, 1.165) is 29.8 Å². The van der Waals surface area contributed by atoms with Gasteiger partial charge < -0.3 is 4.74 Å². The molecular formula is C22H21ClN2O2. The van der Waals surface area contributed by atoms with Crippen LogP contribution in [0.3, 0.4) is 0 Å². The molecule has 138 valence electrons. The normalized spacial score (nSPS) is 21.6. The molecule has 0 fully saturated rings. The molecule has 0 radical (unpaired) electrons. The quantitative estimate of drug-likeness (QED) is 0.695. The summed E-state index contributed by atoms with van der Waals surface area (Å²) in [5.74, 6) is 0.677. The molecule has 1 amide bonds. The lowest BCUT2D eigenvalue weighted by Gasteiger charge is -2.37. The first kappa shape index (κ1) is 17.8. The van der Waals surface area contributed by atoms with E-state index in [1.165, 1.54) is 0 Å². The van der Waals surface area contributed by atoms with Gasteiger partial charge in [0.05, 0.1) is 28.9 Å². The molecule has 2 aliphatic rings. The molecule has 2 atom stereocenters. The van der Waals surface area contributed by atoms with Crippen molar-refractivity contribution < 1.29 is 9.53 Å². The van der Waals surface area contributed by atoms with Crippen LogP contribution in [0.5, 0.6) is 5.75 Å². The third-order valence-corrected chi connectivity index (χ3v) is 5.34. The topological polar surface area (TPSA) is 41.9 Å². The van der Waals surface area contributed by atoms with E-state index in [2.05, 4.69) is 12.2 Å². The largest absolute Gasteiger partial charge is 0.492 e. The lowest BCUT2D eigenvalue weighted by atomic mass is 9.76. The number of anilines is 1. The number of halogens is 1. The zero-order chi connectivity index (χ0) is 18.8. The van der Waals surface area contributed by atoms with Gasteiger partial charge in [-0.25, -0.2) is 5.01 Å². The average molecular weight is 381 g/mol. The maximum atomic E-state index is 13.1. The highest BCUT2D eigenvalue weighted by Gasteiger charge is 2.40. The Morgan fingerprint density at radius 2 is 1.85 bits per heavy atom. The highest BCUT2D eigenvalue weighted by molar-refractivity contribution is 6.32. The van der Waals surface area contributed by atoms with Crippen LogP contribution in [0.25, 0.3) is 0 Å². The maximum Gasteiger partial charge on any atom is 0.251 e. The molecule has 27 heavy (non-hydrogen) atoms. The van der Waals surface area contributed by atoms with Gasteiger partial charge in [-0.1, -0.05) is 42.0 Å². The van der Waals surface area contributed by atoms with Crippen LogP contribution >= 0.6 is 11.6 Å². The van der Waals surface area contributed by atoms with E-state index in [1.54, 1.807) is 5.01 Å². The lowest BCUT2D eigenvalue weighted by molar-refractivity contribution is -0.123. The molecule has 1 aliphatic heterocycles. The van der Waals surface area contributed by atoms with E-state index in [0.29, 0.717) is 17.4 Å². The number of hydrogen-bond acceptors (Lipinski definition) is 3. The molecule has 5 heteroatoms. The molecule has 0 aromatic heterocycles. The molecule has 1 heterocycles. The number of para-hydroxylation sites is 1. The smallest absolute Gasteiger partial charge is 0.251 e. The van der Waals surface area contributed by atoms with Gasteiger partial charge >= 0.3 is 0 Å². The fraction of sp³-hybridized carbons (Fsp3) is 0.273. The van der Waals surface area contributed by atoms with Gasteiger partial charge in [0.15, 0.2) is 0 Å². The van der Waals surface area contributed by atoms with Gasteiger partial charge in [0, 0.05) is 5.92 Å². The molecule has 1 aliphatic carbocycles. The Bertz CT molecular complexity index is 908. The third-order valence-electron chi connectivity index (χ3n) is 5.05. The van der Waals surface area contributed by atoms with Crippen LogP contribution in [-0.4, -0.2) is 18.2 Å². The van der Waals surface area contributed by atoms with Gasteiger partial charge in [-0.05, 0) is 55.7 Å². The molecule has 4 nitrogen and oxygen atoms in total. The van der Waals surface area contributed by atoms with Gasteiger partial charge in [0.25, 0.3) is 5.91 Å². The number of carbonyl (C=O) groups is 1. The maximum absolute atomic E-state index is 13.1. The van der Waals surface area contributed by atoms with E-state index in [-0.39, 0.29) is 17.7 Å². The Hall–Kier alpha value is -2.59. The summed E-state index contributed by atoms with van der Waals surface area (Å²) in [4.78, 5) is 13.1. The summed E-state index contributed by atoms with van der Waals surface area (Å²) < 4.78 is 5.55. The zero-order valence-corrected chi connectivity index (χ0v) is 15.9. The lowest BCUT2D eigenvalue weighted by Crippen LogP contribution is -2.45. The zero-order valence-electron chi connectivity index (χ0n) is 15.1. The fourth-order valence-corrected chi connectivity index (χ4v) is 3.97. The van der Waals surface area contributed by atoms with Crippen LogP contribution in [0.4, 0.5) is 5.69 Å². The summed E-state index contributed by atoms with van der Waals surface area (Å²) in [6.45, 7) is 2.49. The summed E-state index contributed by atoms with van der Waals surface area (Å²) in [6.07, 6.45) is 5.77. The predicted molar refractivity (Wildman–Crippen MR) is 108 cm³/mol. The van der Waals surface area contributed by atoms with Crippen LogP contribution in [-0.2, 0) is 4.79 Å². The molecule has 2 aromatic rings. The summed E-state index contributed by atoms with van der Waals surface area (Å²) in [7, 11) is 0. The highest BCUT2D eigenvalue weighted by atomic mass is 35.5. The molecule has 0 saturated carbocycles. The van der Waals surface area contributed by atoms with E-state index in [9.17, 15) is 4.79 Å². The van der Waals surface area contributed by atoms with Crippen LogP contribution in [0.2, 0.25) is 5.02 Å². The Kier molecular flexibility index (Phi) is 4.99. The van der Waals surface area contributed by atoms with Crippen molar-refractivity contribution in [2.24, 2.45) is 16.9 Å². The molecule has 0 saturated heterocycles. The number of allylic oxidation sites excluding steroid dienone is 2. The highest BCUT2D eigenvalue weighted by Crippen LogP contribution is 2.37. The molecule has 0 N–H and O–H groups in total. The monoisotopic (exact) mass is 380 g/mol. The van der Waals surface area contributed by atoms with Crippen LogP contribution < -0.4 is 9.75 Å². The van der Waals surface area contributed by atoms with E-state index in [4.69, 9.17) is 21.4 Å². The van der Waals surface area contributed by atoms with Gasteiger partial charge in [-0.2, -0.15) is 5.10 Å². The van der Waals surface area contributed by atoms with E-state index < -0.39 is 0 Å². The number of benzene rings is 2. The number of carbonyl (C=O) groups excluding carboxylic acids is 1. The van der Waals surface area contributed by atoms with Crippen molar-refractivity contribution in [2.45, 2.75) is 19.8 Å². The summed E-state index contributed by atoms with van der Waals surface area (Å²) >= 11 is 6.41. The van der Waals surface area contributed by atoms with Crippen molar-refractivity contribution in [3.63, 3.8) is 0 Å². The van der Waals surface area contributed by atoms with Gasteiger partial charge in [0.1, 0.15) is 5.75 Å². The van der Waals surface area contributed by atoms with Crippen molar-refractivity contribution in [3.05, 3.63) is 71.3 Å². The summed E-state index contributed by atoms with van der Waals surface area (Å²) in [5.41, 5.74) is 2.62. The predicted octanol–water partition coefficient (Wildman–Crippen LogP) is 5.07. The average Bonchev–Trinajstić information content (AvgIpc) is 2.71. The Labute approximate surface area is 164 Å². The Morgan fingerprint density at radius 1 is 1.11 bits per heavy atom. The first-order chi connectivity index (χ1) is 13.2. The van der Waals surface area contributed by atoms with Crippen molar-refractivity contribution in [1.29, 1.82) is 0 Å². The number of rotatable bonds is 4. The minimum atomic E-state index is -0.104. The molecule has 2 aromatic carbocycles. The second-order valence-electron chi connectivity index (χ2n) is 6.70. The van der Waals surface area contributed by atoms with Crippen LogP contribution in [0.15, 0.2) is 65.8 Å². The minimum Gasteiger partial charge on any atom is -0.492 e. The molecule has 0 spiro atoms. The number of hydrogen-bond donors (Lipinski definition) is 0. The molecule has 4 rings (SSSR count). The van der Waals surface area contributed by atoms with Gasteiger partial charge in [-0.15, -0.1) is 0 Å². The SMILES string of the molecule is CCOc1ccc(C2=NN(c3ccccc3)C(=O)[C@@H]3CC=CC[C@H]23)cc1Cl. The fourth-order valence-electron chi connectivity index (χ4n) is 3.74. The number of ether oxygens (including phenoxy) is 1. The number of nitrogens with zero attached hydrogens (tertiary/aromatic N) is 2. The van der Waals surface area contributed by atoms with E-state index >= 15 is 0 Å². The van der Waals surface area contributed by atoms with Crippen LogP contribution in [0.1, 0.15) is 25.3 Å². The Morgan fingerprint density at radius 3 is 2.56 bits per heavy atom. The second kappa shape index (κ2) is 7.57. The first-order valence-electron chi connectivity index (χ1n) is 9.24. The van der Waals surface area contributed by atoms with Crippen molar-refractivity contribution in [3.8, 4) is 5.75 Å². The van der Waals surface area contributed by atoms with Crippen LogP contribution in [0, 0.1) is 11.8 Å². The number of amides is 1. The Balaban J connectivity index is 1.79. The number of hydrazone groups is 1. The van der Waals surface area contributed by atoms with E-state index in [1.807, 2.05) is 55.5 Å². The van der Waals surface area contributed by atoms with Crippen molar-refractivity contribution >= 4 is 28.9 Å². The van der Waals surface area contributed by atoms with Crippen molar-refractivity contribution in [1.82, 2.24) is 0 Å². The summed E-state index contributed by atoms with van der Waals surface area (Å²) in [5, 5.41) is 6.87. The standard InChI is InChI=1S/C22H21ClN2O2/c1-2-27-20-13-12-15(14-19(20)23)21-17-10-6-7-11-18(17)22(26)25(24-21)16-8-4-3-5-9-16/h3-9,12-14,17-18H,2,10-11H2,1H3/t17-,18+/m0/s1. The van der Waals surface area contributed by atoms with Crippen molar-refractivity contribution in [2.75, 3.05) is 11.6 Å². The van der Waals surface area contributed by atoms with Gasteiger partial charge in [-0.3, -0.25) is 4.79 Å². The first-order valence-corrected chi connectivity index (χ1v) is 9.62. The molecule has 0 bridgehead atoms. The number of fused-ring (bicyclic) bond motifs is 1. The molecule has 0 unspecified atom stereocenters. The van der Waals surface area contributed by atoms with Gasteiger partial charge in [0.2, 0.25) is 0 Å². The third kappa shape index (κ3) is 3.37. The second-order valence-corrected chi connectivity index (χ2v) is 7.11. The molecular weight excluding hydrogens is 360 g/mol.